The molecule has 2 N–H and O–H groups in total. The fourth-order valence-electron chi connectivity index (χ4n) is 3.52. The van der Waals surface area contributed by atoms with Crippen LogP contribution in [0.25, 0.3) is 16.5 Å². The van der Waals surface area contributed by atoms with Crippen LogP contribution in [0.5, 0.6) is 0 Å². The number of halogens is 3. The molecule has 6 nitrogen and oxygen atoms in total. The highest BCUT2D eigenvalue weighted by Crippen LogP contribution is 2.33. The Balaban J connectivity index is 1.51. The molecule has 164 valence electrons. The highest BCUT2D eigenvalue weighted by molar-refractivity contribution is 5.94. The van der Waals surface area contributed by atoms with Gasteiger partial charge in [0.1, 0.15) is 12.7 Å². The summed E-state index contributed by atoms with van der Waals surface area (Å²) in [5.74, 6) is -0.474. The zero-order chi connectivity index (χ0) is 22.7. The summed E-state index contributed by atoms with van der Waals surface area (Å²) >= 11 is 0. The van der Waals surface area contributed by atoms with E-state index in [2.05, 4.69) is 20.7 Å². The van der Waals surface area contributed by atoms with Crippen molar-refractivity contribution in [3.05, 3.63) is 84.4 Å². The summed E-state index contributed by atoms with van der Waals surface area (Å²) in [7, 11) is 0. The third-order valence-corrected chi connectivity index (χ3v) is 5.12. The number of alkyl halides is 3. The van der Waals surface area contributed by atoms with Gasteiger partial charge in [-0.25, -0.2) is 9.67 Å². The molecular formula is C23H20F3N5O. The first-order valence-corrected chi connectivity index (χ1v) is 9.90. The highest BCUT2D eigenvalue weighted by Gasteiger charge is 2.31. The molecule has 0 aliphatic rings. The van der Waals surface area contributed by atoms with E-state index in [1.807, 2.05) is 49.4 Å². The predicted molar refractivity (Wildman–Crippen MR) is 115 cm³/mol. The van der Waals surface area contributed by atoms with Crippen molar-refractivity contribution < 1.29 is 18.0 Å². The normalized spacial score (nSPS) is 12.6. The Bertz CT molecular complexity index is 1230. The lowest BCUT2D eigenvalue weighted by molar-refractivity contribution is -0.137. The van der Waals surface area contributed by atoms with Crippen LogP contribution >= 0.6 is 0 Å². The summed E-state index contributed by atoms with van der Waals surface area (Å²) in [4.78, 5) is 16.4. The molecule has 4 aromatic rings. The van der Waals surface area contributed by atoms with Crippen molar-refractivity contribution in [3.8, 4) is 5.69 Å². The lowest BCUT2D eigenvalue weighted by atomic mass is 10.00. The average molecular weight is 439 g/mol. The molecule has 32 heavy (non-hydrogen) atoms. The number of carbonyl (C=O) groups is 1. The number of hydrogen-bond acceptors (Lipinski definition) is 4. The van der Waals surface area contributed by atoms with E-state index in [4.69, 9.17) is 0 Å². The van der Waals surface area contributed by atoms with Crippen molar-refractivity contribution in [1.82, 2.24) is 20.1 Å². The number of fused-ring (bicyclic) bond motifs is 1. The smallest absolute Gasteiger partial charge is 0.323 e. The van der Waals surface area contributed by atoms with Crippen LogP contribution in [0.2, 0.25) is 0 Å². The second kappa shape index (κ2) is 8.80. The van der Waals surface area contributed by atoms with Crippen LogP contribution in [-0.2, 0) is 11.0 Å². The molecule has 1 amide bonds. The van der Waals surface area contributed by atoms with Gasteiger partial charge >= 0.3 is 6.18 Å². The van der Waals surface area contributed by atoms with Gasteiger partial charge in [0, 0.05) is 6.04 Å². The van der Waals surface area contributed by atoms with Crippen molar-refractivity contribution in [2.75, 3.05) is 11.9 Å². The molecule has 4 rings (SSSR count). The Hall–Kier alpha value is -3.72. The van der Waals surface area contributed by atoms with Crippen molar-refractivity contribution in [1.29, 1.82) is 0 Å². The highest BCUT2D eigenvalue weighted by atomic mass is 19.4. The largest absolute Gasteiger partial charge is 0.416 e. The van der Waals surface area contributed by atoms with E-state index in [0.717, 1.165) is 28.5 Å². The molecule has 0 fully saturated rings. The number of nitrogens with zero attached hydrogens (tertiary/aromatic N) is 3. The van der Waals surface area contributed by atoms with Crippen molar-refractivity contribution in [2.24, 2.45) is 0 Å². The monoisotopic (exact) mass is 439 g/mol. The Kier molecular flexibility index (Phi) is 5.91. The third-order valence-electron chi connectivity index (χ3n) is 5.12. The second-order valence-electron chi connectivity index (χ2n) is 7.29. The number of carbonyl (C=O) groups excluding carboxylic acids is 1. The third kappa shape index (κ3) is 4.62. The Morgan fingerprint density at radius 3 is 2.62 bits per heavy atom. The van der Waals surface area contributed by atoms with E-state index < -0.39 is 17.6 Å². The molecule has 0 saturated carbocycles. The van der Waals surface area contributed by atoms with E-state index in [0.29, 0.717) is 0 Å². The van der Waals surface area contributed by atoms with Gasteiger partial charge in [-0.15, -0.1) is 0 Å². The van der Waals surface area contributed by atoms with Gasteiger partial charge in [0.2, 0.25) is 5.91 Å². The summed E-state index contributed by atoms with van der Waals surface area (Å²) in [6, 6.07) is 16.8. The molecule has 1 atom stereocenters. The average Bonchev–Trinajstić information content (AvgIpc) is 3.31. The van der Waals surface area contributed by atoms with Crippen LogP contribution in [0.15, 0.2) is 73.3 Å². The molecule has 0 bridgehead atoms. The van der Waals surface area contributed by atoms with Gasteiger partial charge in [-0.2, -0.15) is 18.3 Å². The number of nitrogens with one attached hydrogen (secondary N) is 2. The maximum Gasteiger partial charge on any atom is 0.416 e. The second-order valence-corrected chi connectivity index (χ2v) is 7.29. The van der Waals surface area contributed by atoms with Crippen molar-refractivity contribution in [3.63, 3.8) is 0 Å². The Morgan fingerprint density at radius 2 is 1.88 bits per heavy atom. The fraction of sp³-hybridized carbons (Fsp3) is 0.174. The van der Waals surface area contributed by atoms with E-state index in [9.17, 15) is 18.0 Å². The van der Waals surface area contributed by atoms with E-state index >= 15 is 0 Å². The topological polar surface area (TPSA) is 71.8 Å². The lowest BCUT2D eigenvalue weighted by Crippen LogP contribution is -2.30. The molecule has 0 saturated heterocycles. The lowest BCUT2D eigenvalue weighted by Gasteiger charge is -2.18. The molecule has 3 aromatic carbocycles. The minimum absolute atomic E-state index is 0.00469. The Labute approximate surface area is 182 Å². The minimum Gasteiger partial charge on any atom is -0.323 e. The summed E-state index contributed by atoms with van der Waals surface area (Å²) in [6.45, 7) is 1.84. The van der Waals surface area contributed by atoms with Gasteiger partial charge in [0.25, 0.3) is 0 Å². The molecule has 1 aromatic heterocycles. The summed E-state index contributed by atoms with van der Waals surface area (Å²) < 4.78 is 40.9. The Morgan fingerprint density at radius 1 is 1.09 bits per heavy atom. The molecular weight excluding hydrogens is 419 g/mol. The standard InChI is InChI=1S/C23H20F3N5O/c1-15(18-8-4-6-16-5-2-3-7-19(16)18)28-12-22(32)30-20-11-17(23(24,25)26)9-10-21(20)31-14-27-13-29-31/h2-11,13-15,28H,12H2,1H3,(H,30,32)/t15-/m0/s1. The van der Waals surface area contributed by atoms with Crippen LogP contribution in [0.1, 0.15) is 24.1 Å². The van der Waals surface area contributed by atoms with Crippen LogP contribution in [0.4, 0.5) is 18.9 Å². The van der Waals surface area contributed by atoms with Gasteiger partial charge in [-0.3, -0.25) is 4.79 Å². The first-order valence-electron chi connectivity index (χ1n) is 9.90. The molecule has 0 aliphatic heterocycles. The maximum absolute atomic E-state index is 13.2. The van der Waals surface area contributed by atoms with Gasteiger partial charge < -0.3 is 10.6 Å². The van der Waals surface area contributed by atoms with Gasteiger partial charge in [-0.05, 0) is 41.5 Å². The quantitative estimate of drug-likeness (QED) is 0.456. The summed E-state index contributed by atoms with van der Waals surface area (Å²) in [5, 5.41) is 11.8. The van der Waals surface area contributed by atoms with Crippen LogP contribution in [0.3, 0.4) is 0 Å². The van der Waals surface area contributed by atoms with Crippen molar-refractivity contribution >= 4 is 22.4 Å². The number of rotatable bonds is 6. The predicted octanol–water partition coefficient (Wildman–Crippen LogP) is 4.73. The number of amides is 1. The van der Waals surface area contributed by atoms with Gasteiger partial charge in [0.05, 0.1) is 23.5 Å². The molecule has 0 radical (unpaired) electrons. The molecule has 9 heteroatoms. The summed E-state index contributed by atoms with van der Waals surface area (Å²) in [6.07, 6.45) is -1.93. The number of hydrogen-bond donors (Lipinski definition) is 2. The number of aromatic nitrogens is 3. The SMILES string of the molecule is C[C@H](NCC(=O)Nc1cc(C(F)(F)F)ccc1-n1cncn1)c1cccc2ccccc12. The van der Waals surface area contributed by atoms with Crippen molar-refractivity contribution in [2.45, 2.75) is 19.1 Å². The zero-order valence-electron chi connectivity index (χ0n) is 17.1. The first kappa shape index (κ1) is 21.5. The van der Waals surface area contributed by atoms with Crippen LogP contribution in [0, 0.1) is 0 Å². The minimum atomic E-state index is -4.54. The van der Waals surface area contributed by atoms with Crippen LogP contribution in [-0.4, -0.2) is 27.2 Å². The first-order chi connectivity index (χ1) is 15.3. The molecule has 0 spiro atoms. The molecule has 1 heterocycles. The summed E-state index contributed by atoms with van der Waals surface area (Å²) in [5.41, 5.74) is 0.438. The van der Waals surface area contributed by atoms with E-state index in [-0.39, 0.29) is 24.0 Å². The molecule has 0 aliphatic carbocycles. The van der Waals surface area contributed by atoms with Gasteiger partial charge in [0.15, 0.2) is 0 Å². The van der Waals surface area contributed by atoms with E-state index in [1.54, 1.807) is 0 Å². The zero-order valence-corrected chi connectivity index (χ0v) is 17.1. The fourth-order valence-corrected chi connectivity index (χ4v) is 3.52. The maximum atomic E-state index is 13.2. The van der Waals surface area contributed by atoms with Crippen LogP contribution < -0.4 is 10.6 Å². The number of benzene rings is 3. The van der Waals surface area contributed by atoms with Gasteiger partial charge in [-0.1, -0.05) is 42.5 Å². The van der Waals surface area contributed by atoms with E-state index in [1.165, 1.54) is 23.4 Å². The number of anilines is 1. The molecule has 0 unspecified atom stereocenters.